The molecule has 1 aromatic carbocycles. The van der Waals surface area contributed by atoms with E-state index >= 15 is 0 Å². The van der Waals surface area contributed by atoms with Crippen LogP contribution in [0.4, 0.5) is 15.8 Å². The maximum absolute atomic E-state index is 13.3. The Morgan fingerprint density at radius 2 is 2.00 bits per heavy atom. The van der Waals surface area contributed by atoms with Crippen molar-refractivity contribution in [1.82, 2.24) is 0 Å². The molecule has 2 rings (SSSR count). The summed E-state index contributed by atoms with van der Waals surface area (Å²) < 4.78 is 13.3. The van der Waals surface area contributed by atoms with Gasteiger partial charge in [-0.1, -0.05) is 0 Å². The number of anilines is 2. The van der Waals surface area contributed by atoms with Crippen molar-refractivity contribution in [2.75, 3.05) is 17.7 Å². The van der Waals surface area contributed by atoms with Gasteiger partial charge in [0, 0.05) is 12.7 Å². The number of nitrogens with two attached hydrogens (primary N) is 1. The van der Waals surface area contributed by atoms with Crippen LogP contribution in [0.25, 0.3) is 0 Å². The maximum Gasteiger partial charge on any atom is 0.236 e. The smallest absolute Gasteiger partial charge is 0.236 e. The number of carbonyl (C=O) groups is 1. The second-order valence-electron chi connectivity index (χ2n) is 4.38. The van der Waals surface area contributed by atoms with Gasteiger partial charge in [0.15, 0.2) is 0 Å². The van der Waals surface area contributed by atoms with Gasteiger partial charge < -0.3 is 10.6 Å². The van der Waals surface area contributed by atoms with Crippen molar-refractivity contribution < 1.29 is 9.18 Å². The molecule has 0 bridgehead atoms. The summed E-state index contributed by atoms with van der Waals surface area (Å²) in [6.07, 6.45) is 0. The molecule has 0 fully saturated rings. The number of amides is 1. The van der Waals surface area contributed by atoms with E-state index in [0.717, 1.165) is 0 Å². The van der Waals surface area contributed by atoms with Crippen molar-refractivity contribution in [3.8, 4) is 0 Å². The molecular formula is C11H13FN2O. The molecular weight excluding hydrogens is 195 g/mol. The number of rotatable bonds is 0. The van der Waals surface area contributed by atoms with Crippen molar-refractivity contribution in [3.63, 3.8) is 0 Å². The van der Waals surface area contributed by atoms with Crippen LogP contribution in [-0.2, 0) is 10.2 Å². The molecule has 1 aliphatic rings. The van der Waals surface area contributed by atoms with E-state index in [-0.39, 0.29) is 11.6 Å². The lowest BCUT2D eigenvalue weighted by atomic mass is 9.86. The zero-order chi connectivity index (χ0) is 11.4. The standard InChI is InChI=1S/C11H13FN2O/c1-11(2)6-4-7(12)8(13)5-9(6)14(3)10(11)15/h4-5H,13H2,1-3H3. The van der Waals surface area contributed by atoms with Crippen LogP contribution in [-0.4, -0.2) is 13.0 Å². The van der Waals surface area contributed by atoms with Crippen molar-refractivity contribution in [2.45, 2.75) is 19.3 Å². The molecule has 1 amide bonds. The second kappa shape index (κ2) is 2.72. The van der Waals surface area contributed by atoms with Crippen LogP contribution in [0.1, 0.15) is 19.4 Å². The van der Waals surface area contributed by atoms with Gasteiger partial charge in [0.25, 0.3) is 0 Å². The predicted octanol–water partition coefficient (Wildman–Crippen LogP) is 1.66. The van der Waals surface area contributed by atoms with Crippen molar-refractivity contribution in [1.29, 1.82) is 0 Å². The average molecular weight is 208 g/mol. The number of nitrogen functional groups attached to an aromatic ring is 1. The van der Waals surface area contributed by atoms with E-state index in [1.807, 2.05) is 0 Å². The molecule has 1 heterocycles. The Bertz CT molecular complexity index is 454. The average Bonchev–Trinajstić information content (AvgIpc) is 2.32. The molecule has 1 aliphatic heterocycles. The molecule has 80 valence electrons. The highest BCUT2D eigenvalue weighted by molar-refractivity contribution is 6.07. The fraction of sp³-hybridized carbons (Fsp3) is 0.364. The van der Waals surface area contributed by atoms with Crippen LogP contribution < -0.4 is 10.6 Å². The van der Waals surface area contributed by atoms with Crippen molar-refractivity contribution in [3.05, 3.63) is 23.5 Å². The van der Waals surface area contributed by atoms with E-state index < -0.39 is 11.2 Å². The number of fused-ring (bicyclic) bond motifs is 1. The van der Waals surface area contributed by atoms with Gasteiger partial charge >= 0.3 is 0 Å². The Kier molecular flexibility index (Phi) is 1.80. The first-order valence-corrected chi connectivity index (χ1v) is 4.73. The Morgan fingerprint density at radius 3 is 2.60 bits per heavy atom. The Balaban J connectivity index is 2.72. The fourth-order valence-corrected chi connectivity index (χ4v) is 2.00. The third-order valence-corrected chi connectivity index (χ3v) is 2.99. The van der Waals surface area contributed by atoms with Crippen LogP contribution in [0.5, 0.6) is 0 Å². The zero-order valence-corrected chi connectivity index (χ0v) is 8.97. The highest BCUT2D eigenvalue weighted by Crippen LogP contribution is 2.42. The highest BCUT2D eigenvalue weighted by atomic mass is 19.1. The molecule has 0 radical (unpaired) electrons. The number of likely N-dealkylation sites (N-methyl/N-ethyl adjacent to an activating group) is 1. The zero-order valence-electron chi connectivity index (χ0n) is 8.97. The third kappa shape index (κ3) is 1.14. The maximum atomic E-state index is 13.3. The molecule has 15 heavy (non-hydrogen) atoms. The van der Waals surface area contributed by atoms with Gasteiger partial charge in [-0.05, 0) is 31.5 Å². The lowest BCUT2D eigenvalue weighted by Gasteiger charge is -2.16. The third-order valence-electron chi connectivity index (χ3n) is 2.99. The number of benzene rings is 1. The molecule has 4 heteroatoms. The summed E-state index contributed by atoms with van der Waals surface area (Å²) in [5.41, 5.74) is 6.28. The summed E-state index contributed by atoms with van der Waals surface area (Å²) in [4.78, 5) is 13.4. The number of hydrogen-bond acceptors (Lipinski definition) is 2. The summed E-state index contributed by atoms with van der Waals surface area (Å²) in [6, 6.07) is 2.86. The largest absolute Gasteiger partial charge is 0.396 e. The molecule has 0 spiro atoms. The van der Waals surface area contributed by atoms with E-state index in [0.29, 0.717) is 11.3 Å². The number of hydrogen-bond donors (Lipinski definition) is 1. The van der Waals surface area contributed by atoms with Gasteiger partial charge in [0.1, 0.15) is 5.82 Å². The lowest BCUT2D eigenvalue weighted by Crippen LogP contribution is -2.33. The Hall–Kier alpha value is -1.58. The molecule has 1 aromatic rings. The first-order valence-electron chi connectivity index (χ1n) is 4.73. The van der Waals surface area contributed by atoms with Gasteiger partial charge in [0.2, 0.25) is 5.91 Å². The number of halogens is 1. The molecule has 0 unspecified atom stereocenters. The van der Waals surface area contributed by atoms with Crippen LogP contribution in [0.3, 0.4) is 0 Å². The topological polar surface area (TPSA) is 46.3 Å². The lowest BCUT2D eigenvalue weighted by molar-refractivity contribution is -0.121. The highest BCUT2D eigenvalue weighted by Gasteiger charge is 2.42. The number of carbonyl (C=O) groups excluding carboxylic acids is 1. The minimum Gasteiger partial charge on any atom is -0.396 e. The molecule has 0 aliphatic carbocycles. The Labute approximate surface area is 87.7 Å². The van der Waals surface area contributed by atoms with E-state index in [4.69, 9.17) is 5.73 Å². The Morgan fingerprint density at radius 1 is 1.40 bits per heavy atom. The SMILES string of the molecule is CN1C(=O)C(C)(C)c2cc(F)c(N)cc21. The fourth-order valence-electron chi connectivity index (χ4n) is 2.00. The molecule has 0 aromatic heterocycles. The van der Waals surface area contributed by atoms with Gasteiger partial charge in [-0.3, -0.25) is 4.79 Å². The molecule has 3 nitrogen and oxygen atoms in total. The molecule has 0 saturated carbocycles. The first-order chi connectivity index (χ1) is 6.85. The van der Waals surface area contributed by atoms with E-state index in [1.165, 1.54) is 17.0 Å². The van der Waals surface area contributed by atoms with Crippen LogP contribution in [0.2, 0.25) is 0 Å². The van der Waals surface area contributed by atoms with E-state index in [2.05, 4.69) is 0 Å². The summed E-state index contributed by atoms with van der Waals surface area (Å²) in [5.74, 6) is -0.507. The molecule has 2 N–H and O–H groups in total. The van der Waals surface area contributed by atoms with E-state index in [1.54, 1.807) is 20.9 Å². The van der Waals surface area contributed by atoms with Gasteiger partial charge in [-0.2, -0.15) is 0 Å². The molecule has 0 atom stereocenters. The normalized spacial score (nSPS) is 18.1. The van der Waals surface area contributed by atoms with Crippen molar-refractivity contribution in [2.24, 2.45) is 0 Å². The monoisotopic (exact) mass is 208 g/mol. The van der Waals surface area contributed by atoms with Gasteiger partial charge in [-0.15, -0.1) is 0 Å². The first kappa shape index (κ1) is 9.96. The van der Waals surface area contributed by atoms with Crippen LogP contribution in [0.15, 0.2) is 12.1 Å². The minimum absolute atomic E-state index is 0.0394. The van der Waals surface area contributed by atoms with E-state index in [9.17, 15) is 9.18 Å². The second-order valence-corrected chi connectivity index (χ2v) is 4.38. The summed E-state index contributed by atoms with van der Waals surface area (Å²) in [5, 5.41) is 0. The van der Waals surface area contributed by atoms with Crippen LogP contribution >= 0.6 is 0 Å². The van der Waals surface area contributed by atoms with Crippen LogP contribution in [0, 0.1) is 5.82 Å². The van der Waals surface area contributed by atoms with Crippen molar-refractivity contribution >= 4 is 17.3 Å². The quantitative estimate of drug-likeness (QED) is 0.659. The number of nitrogens with zero attached hydrogens (tertiary/aromatic N) is 1. The minimum atomic E-state index is -0.668. The predicted molar refractivity (Wildman–Crippen MR) is 57.2 cm³/mol. The molecule has 0 saturated heterocycles. The van der Waals surface area contributed by atoms with Gasteiger partial charge in [-0.25, -0.2) is 4.39 Å². The summed E-state index contributed by atoms with van der Waals surface area (Å²) in [7, 11) is 1.67. The summed E-state index contributed by atoms with van der Waals surface area (Å²) >= 11 is 0. The van der Waals surface area contributed by atoms with Gasteiger partial charge in [0.05, 0.1) is 11.1 Å². The summed E-state index contributed by atoms with van der Waals surface area (Å²) in [6.45, 7) is 3.57.